The smallest absolute Gasteiger partial charge is 0.0620 e. The fraction of sp³-hybridized carbons (Fsp3) is 0.400. The van der Waals surface area contributed by atoms with Crippen LogP contribution < -0.4 is 5.43 Å². The van der Waals surface area contributed by atoms with E-state index in [1.54, 1.807) is 0 Å². The molecule has 0 fully saturated rings. The molecule has 1 rings (SSSR count). The number of anilines is 1. The van der Waals surface area contributed by atoms with Gasteiger partial charge in [-0.2, -0.15) is 5.11 Å². The Labute approximate surface area is 78.9 Å². The van der Waals surface area contributed by atoms with Gasteiger partial charge in [0.15, 0.2) is 0 Å². The maximum absolute atomic E-state index is 3.97. The summed E-state index contributed by atoms with van der Waals surface area (Å²) in [6.07, 6.45) is 2.25. The molecule has 0 radical (unpaired) electrons. The number of rotatable bonds is 5. The summed E-state index contributed by atoms with van der Waals surface area (Å²) in [6, 6.07) is 9.81. The highest BCUT2D eigenvalue weighted by atomic mass is 15.4. The number of hydrogen-bond acceptors (Lipinski definition) is 2. The summed E-state index contributed by atoms with van der Waals surface area (Å²) in [7, 11) is 0. The van der Waals surface area contributed by atoms with Crippen molar-refractivity contribution in [1.82, 2.24) is 0 Å². The van der Waals surface area contributed by atoms with Crippen LogP contribution in [0.3, 0.4) is 0 Å². The van der Waals surface area contributed by atoms with E-state index in [1.165, 1.54) is 0 Å². The summed E-state index contributed by atoms with van der Waals surface area (Å²) in [4.78, 5) is 0. The summed E-state index contributed by atoms with van der Waals surface area (Å²) in [5.41, 5.74) is 3.84. The molecule has 0 aliphatic carbocycles. The predicted octanol–water partition coefficient (Wildman–Crippen LogP) is 3.27. The Morgan fingerprint density at radius 3 is 2.69 bits per heavy atom. The molecule has 0 aromatic heterocycles. The molecule has 70 valence electrons. The van der Waals surface area contributed by atoms with E-state index in [0.29, 0.717) is 0 Å². The molecule has 3 heteroatoms. The van der Waals surface area contributed by atoms with E-state index in [-0.39, 0.29) is 0 Å². The first-order valence-electron chi connectivity index (χ1n) is 4.61. The molecular weight excluding hydrogens is 162 g/mol. The van der Waals surface area contributed by atoms with E-state index in [2.05, 4.69) is 22.7 Å². The lowest BCUT2D eigenvalue weighted by Gasteiger charge is -1.96. The van der Waals surface area contributed by atoms with Crippen molar-refractivity contribution in [3.05, 3.63) is 30.3 Å². The molecular formula is C10H15N3. The number of nitrogens with one attached hydrogen (secondary N) is 1. The summed E-state index contributed by atoms with van der Waals surface area (Å²) in [5, 5.41) is 7.82. The standard InChI is InChI=1S/C10H15N3/c1-2-3-9-11-13-12-10-7-5-4-6-8-10/h4-8H,2-3,9H2,1H3,(H,11,12). The highest BCUT2D eigenvalue weighted by Crippen LogP contribution is 2.04. The second-order valence-electron chi connectivity index (χ2n) is 2.80. The van der Waals surface area contributed by atoms with Gasteiger partial charge in [0, 0.05) is 0 Å². The topological polar surface area (TPSA) is 36.8 Å². The summed E-state index contributed by atoms with van der Waals surface area (Å²) in [5.74, 6) is 0. The van der Waals surface area contributed by atoms with Crippen molar-refractivity contribution in [3.63, 3.8) is 0 Å². The number of para-hydroxylation sites is 1. The first-order chi connectivity index (χ1) is 6.43. The Hall–Kier alpha value is -1.38. The minimum absolute atomic E-state index is 0.802. The van der Waals surface area contributed by atoms with E-state index < -0.39 is 0 Å². The van der Waals surface area contributed by atoms with Gasteiger partial charge >= 0.3 is 0 Å². The lowest BCUT2D eigenvalue weighted by atomic mass is 10.3. The van der Waals surface area contributed by atoms with Gasteiger partial charge in [0.05, 0.1) is 12.2 Å². The quantitative estimate of drug-likeness (QED) is 0.418. The molecule has 1 N–H and O–H groups in total. The Morgan fingerprint density at radius 2 is 2.00 bits per heavy atom. The third-order valence-corrected chi connectivity index (χ3v) is 1.64. The van der Waals surface area contributed by atoms with Gasteiger partial charge in [-0.05, 0) is 18.6 Å². The van der Waals surface area contributed by atoms with Gasteiger partial charge in [-0.25, -0.2) is 0 Å². The van der Waals surface area contributed by atoms with Crippen LogP contribution in [0.15, 0.2) is 40.7 Å². The molecule has 0 aliphatic rings. The van der Waals surface area contributed by atoms with Crippen molar-refractivity contribution in [2.24, 2.45) is 10.3 Å². The molecule has 3 nitrogen and oxygen atoms in total. The number of benzene rings is 1. The van der Waals surface area contributed by atoms with E-state index in [9.17, 15) is 0 Å². The molecule has 0 atom stereocenters. The van der Waals surface area contributed by atoms with Crippen LogP contribution in [0.1, 0.15) is 19.8 Å². The average molecular weight is 177 g/mol. The van der Waals surface area contributed by atoms with Crippen molar-refractivity contribution in [1.29, 1.82) is 0 Å². The van der Waals surface area contributed by atoms with Gasteiger partial charge in [0.1, 0.15) is 0 Å². The first-order valence-corrected chi connectivity index (χ1v) is 4.61. The SMILES string of the molecule is CCCCN=NNc1ccccc1. The van der Waals surface area contributed by atoms with Gasteiger partial charge in [0.2, 0.25) is 0 Å². The first kappa shape index (κ1) is 9.71. The largest absolute Gasteiger partial charge is 0.260 e. The number of hydrogen-bond donors (Lipinski definition) is 1. The minimum atomic E-state index is 0.802. The lowest BCUT2D eigenvalue weighted by Crippen LogP contribution is -1.86. The zero-order valence-electron chi connectivity index (χ0n) is 7.90. The van der Waals surface area contributed by atoms with Crippen LogP contribution in [0.5, 0.6) is 0 Å². The molecule has 1 aromatic rings. The Bertz CT molecular complexity index is 244. The summed E-state index contributed by atoms with van der Waals surface area (Å²) < 4.78 is 0. The summed E-state index contributed by atoms with van der Waals surface area (Å²) in [6.45, 7) is 2.94. The van der Waals surface area contributed by atoms with E-state index in [4.69, 9.17) is 0 Å². The van der Waals surface area contributed by atoms with Gasteiger partial charge < -0.3 is 0 Å². The molecule has 0 amide bonds. The molecule has 1 aromatic carbocycles. The van der Waals surface area contributed by atoms with Crippen molar-refractivity contribution >= 4 is 5.69 Å². The van der Waals surface area contributed by atoms with E-state index in [0.717, 1.165) is 25.1 Å². The van der Waals surface area contributed by atoms with Crippen molar-refractivity contribution < 1.29 is 0 Å². The van der Waals surface area contributed by atoms with Crippen molar-refractivity contribution in [2.45, 2.75) is 19.8 Å². The maximum Gasteiger partial charge on any atom is 0.0620 e. The van der Waals surface area contributed by atoms with Crippen LogP contribution >= 0.6 is 0 Å². The molecule has 13 heavy (non-hydrogen) atoms. The van der Waals surface area contributed by atoms with E-state index >= 15 is 0 Å². The van der Waals surface area contributed by atoms with Gasteiger partial charge in [-0.15, -0.1) is 0 Å². The number of unbranched alkanes of at least 4 members (excludes halogenated alkanes) is 1. The highest BCUT2D eigenvalue weighted by Gasteiger charge is 1.84. The second kappa shape index (κ2) is 6.17. The van der Waals surface area contributed by atoms with Gasteiger partial charge in [-0.1, -0.05) is 36.8 Å². The van der Waals surface area contributed by atoms with Crippen molar-refractivity contribution in [3.8, 4) is 0 Å². The zero-order valence-corrected chi connectivity index (χ0v) is 7.90. The van der Waals surface area contributed by atoms with Crippen LogP contribution in [-0.2, 0) is 0 Å². The molecule has 0 saturated heterocycles. The van der Waals surface area contributed by atoms with Gasteiger partial charge in [0.25, 0.3) is 0 Å². The van der Waals surface area contributed by atoms with E-state index in [1.807, 2.05) is 30.3 Å². The Balaban J connectivity index is 2.23. The maximum atomic E-state index is 3.97. The highest BCUT2D eigenvalue weighted by molar-refractivity contribution is 5.41. The zero-order chi connectivity index (χ0) is 9.36. The molecule has 0 aliphatic heterocycles. The third kappa shape index (κ3) is 4.25. The molecule has 0 heterocycles. The molecule has 0 bridgehead atoms. The fourth-order valence-corrected chi connectivity index (χ4v) is 0.885. The fourth-order valence-electron chi connectivity index (χ4n) is 0.885. The Morgan fingerprint density at radius 1 is 1.23 bits per heavy atom. The summed E-state index contributed by atoms with van der Waals surface area (Å²) >= 11 is 0. The van der Waals surface area contributed by atoms with Crippen LogP contribution in [-0.4, -0.2) is 6.54 Å². The number of nitrogens with zero attached hydrogens (tertiary/aromatic N) is 2. The normalized spacial score (nSPS) is 10.5. The minimum Gasteiger partial charge on any atom is -0.260 e. The lowest BCUT2D eigenvalue weighted by molar-refractivity contribution is 0.772. The average Bonchev–Trinajstić information content (AvgIpc) is 2.19. The Kier molecular flexibility index (Phi) is 4.61. The van der Waals surface area contributed by atoms with Crippen LogP contribution in [0.2, 0.25) is 0 Å². The van der Waals surface area contributed by atoms with Gasteiger partial charge in [-0.3, -0.25) is 5.43 Å². The third-order valence-electron chi connectivity index (χ3n) is 1.64. The van der Waals surface area contributed by atoms with Crippen molar-refractivity contribution in [2.75, 3.05) is 12.0 Å². The second-order valence-corrected chi connectivity index (χ2v) is 2.80. The molecule has 0 unspecified atom stereocenters. The monoisotopic (exact) mass is 177 g/mol. The molecule has 0 saturated carbocycles. The predicted molar refractivity (Wildman–Crippen MR) is 54.7 cm³/mol. The van der Waals surface area contributed by atoms with Crippen LogP contribution in [0.25, 0.3) is 0 Å². The molecule has 0 spiro atoms. The van der Waals surface area contributed by atoms with Crippen LogP contribution in [0.4, 0.5) is 5.69 Å². The van der Waals surface area contributed by atoms with Crippen LogP contribution in [0, 0.1) is 0 Å².